The van der Waals surface area contributed by atoms with Crippen LogP contribution in [0.3, 0.4) is 0 Å². The molecule has 0 aromatic heterocycles. The van der Waals surface area contributed by atoms with Crippen LogP contribution in [0.25, 0.3) is 0 Å². The molecule has 0 amide bonds. The van der Waals surface area contributed by atoms with Crippen LogP contribution in [0.1, 0.15) is 11.1 Å². The van der Waals surface area contributed by atoms with Gasteiger partial charge in [0.2, 0.25) is 0 Å². The Morgan fingerprint density at radius 2 is 2.05 bits per heavy atom. The van der Waals surface area contributed by atoms with Crippen molar-refractivity contribution in [3.8, 4) is 0 Å². The van der Waals surface area contributed by atoms with Crippen LogP contribution < -0.4 is 5.32 Å². The lowest BCUT2D eigenvalue weighted by molar-refractivity contribution is 0.607. The number of halogens is 2. The van der Waals surface area contributed by atoms with Gasteiger partial charge in [-0.05, 0) is 50.2 Å². The number of benzene rings is 2. The molecule has 2 rings (SSSR count). The van der Waals surface area contributed by atoms with Crippen LogP contribution in [-0.2, 0) is 6.42 Å². The van der Waals surface area contributed by atoms with Gasteiger partial charge in [0.1, 0.15) is 5.82 Å². The monoisotopic (exact) mass is 367 g/mol. The average molecular weight is 368 g/mol. The van der Waals surface area contributed by atoms with Crippen molar-refractivity contribution in [2.75, 3.05) is 12.8 Å². The number of nitrogens with one attached hydrogen (secondary N) is 1. The molecule has 21 heavy (non-hydrogen) atoms. The zero-order valence-electron chi connectivity index (χ0n) is 12.2. The summed E-state index contributed by atoms with van der Waals surface area (Å²) in [6.07, 6.45) is 0.871. The standard InChI is InChI=1S/C17H19BrFNS/c1-12-4-3-5-16(8-12)21-11-15(20-2)9-13-6-7-14(19)10-17(13)18/h3-8,10,15,20H,9,11H2,1-2H3. The highest BCUT2D eigenvalue weighted by atomic mass is 79.9. The van der Waals surface area contributed by atoms with Crippen LogP contribution in [0.15, 0.2) is 51.8 Å². The first kappa shape index (κ1) is 16.5. The fourth-order valence-corrected chi connectivity index (χ4v) is 3.73. The van der Waals surface area contributed by atoms with Crippen molar-refractivity contribution in [3.63, 3.8) is 0 Å². The van der Waals surface area contributed by atoms with E-state index < -0.39 is 0 Å². The largest absolute Gasteiger partial charge is 0.316 e. The van der Waals surface area contributed by atoms with Gasteiger partial charge in [0.15, 0.2) is 0 Å². The molecule has 4 heteroatoms. The molecule has 0 saturated carbocycles. The minimum absolute atomic E-state index is 0.208. The van der Waals surface area contributed by atoms with Crippen LogP contribution in [0.2, 0.25) is 0 Å². The van der Waals surface area contributed by atoms with Gasteiger partial charge in [-0.3, -0.25) is 0 Å². The van der Waals surface area contributed by atoms with Crippen molar-refractivity contribution in [2.24, 2.45) is 0 Å². The molecule has 1 atom stereocenters. The molecule has 0 spiro atoms. The van der Waals surface area contributed by atoms with E-state index in [4.69, 9.17) is 0 Å². The summed E-state index contributed by atoms with van der Waals surface area (Å²) in [4.78, 5) is 1.29. The molecule has 0 heterocycles. The third-order valence-electron chi connectivity index (χ3n) is 3.33. The summed E-state index contributed by atoms with van der Waals surface area (Å²) < 4.78 is 14.0. The molecule has 0 bridgehead atoms. The number of likely N-dealkylation sites (N-methyl/N-ethyl adjacent to an activating group) is 1. The Morgan fingerprint density at radius 1 is 1.24 bits per heavy atom. The Bertz CT molecular complexity index is 603. The third kappa shape index (κ3) is 5.13. The van der Waals surface area contributed by atoms with Gasteiger partial charge in [-0.1, -0.05) is 39.7 Å². The van der Waals surface area contributed by atoms with E-state index in [1.54, 1.807) is 0 Å². The summed E-state index contributed by atoms with van der Waals surface area (Å²) in [6.45, 7) is 2.11. The SMILES string of the molecule is CNC(CSc1cccc(C)c1)Cc1ccc(F)cc1Br. The number of aryl methyl sites for hydroxylation is 1. The van der Waals surface area contributed by atoms with Gasteiger partial charge >= 0.3 is 0 Å². The fourth-order valence-electron chi connectivity index (χ4n) is 2.10. The number of thioether (sulfide) groups is 1. The second kappa shape index (κ2) is 7.97. The van der Waals surface area contributed by atoms with E-state index >= 15 is 0 Å². The second-order valence-corrected chi connectivity index (χ2v) is 7.00. The first-order chi connectivity index (χ1) is 10.1. The molecular weight excluding hydrogens is 349 g/mol. The molecule has 1 N–H and O–H groups in total. The number of hydrogen-bond donors (Lipinski definition) is 1. The molecule has 2 aromatic rings. The summed E-state index contributed by atoms with van der Waals surface area (Å²) in [7, 11) is 1.97. The van der Waals surface area contributed by atoms with Gasteiger partial charge < -0.3 is 5.32 Å². The van der Waals surface area contributed by atoms with E-state index in [9.17, 15) is 4.39 Å². The highest BCUT2D eigenvalue weighted by Crippen LogP contribution is 2.23. The Labute approximate surface area is 138 Å². The first-order valence-electron chi connectivity index (χ1n) is 6.89. The van der Waals surface area contributed by atoms with Crippen LogP contribution in [0, 0.1) is 12.7 Å². The van der Waals surface area contributed by atoms with E-state index in [1.807, 2.05) is 24.9 Å². The zero-order valence-corrected chi connectivity index (χ0v) is 14.6. The Balaban J connectivity index is 1.97. The van der Waals surface area contributed by atoms with E-state index in [2.05, 4.69) is 52.4 Å². The van der Waals surface area contributed by atoms with Gasteiger partial charge in [-0.15, -0.1) is 11.8 Å². The van der Waals surface area contributed by atoms with Crippen LogP contribution in [-0.4, -0.2) is 18.8 Å². The summed E-state index contributed by atoms with van der Waals surface area (Å²) in [5.74, 6) is 0.768. The minimum atomic E-state index is -0.208. The maximum atomic E-state index is 13.1. The first-order valence-corrected chi connectivity index (χ1v) is 8.67. The van der Waals surface area contributed by atoms with Crippen molar-refractivity contribution < 1.29 is 4.39 Å². The van der Waals surface area contributed by atoms with Gasteiger partial charge in [-0.25, -0.2) is 4.39 Å². The highest BCUT2D eigenvalue weighted by Gasteiger charge is 2.11. The van der Waals surface area contributed by atoms with E-state index in [1.165, 1.54) is 22.6 Å². The minimum Gasteiger partial charge on any atom is -0.316 e. The van der Waals surface area contributed by atoms with E-state index in [0.29, 0.717) is 6.04 Å². The lowest BCUT2D eigenvalue weighted by Gasteiger charge is -2.17. The Hall–Kier alpha value is -0.840. The van der Waals surface area contributed by atoms with Crippen LogP contribution >= 0.6 is 27.7 Å². The number of hydrogen-bond acceptors (Lipinski definition) is 2. The van der Waals surface area contributed by atoms with Gasteiger partial charge in [0.25, 0.3) is 0 Å². The van der Waals surface area contributed by atoms with Gasteiger partial charge in [0.05, 0.1) is 0 Å². The maximum absolute atomic E-state index is 13.1. The molecule has 0 fully saturated rings. The lowest BCUT2D eigenvalue weighted by atomic mass is 10.1. The Morgan fingerprint density at radius 3 is 2.71 bits per heavy atom. The summed E-state index contributed by atoms with van der Waals surface area (Å²) in [5.41, 5.74) is 2.41. The zero-order chi connectivity index (χ0) is 15.2. The van der Waals surface area contributed by atoms with Crippen molar-refractivity contribution in [2.45, 2.75) is 24.3 Å². The van der Waals surface area contributed by atoms with Crippen molar-refractivity contribution in [3.05, 3.63) is 63.9 Å². The summed E-state index contributed by atoms with van der Waals surface area (Å²) >= 11 is 5.28. The molecule has 2 aromatic carbocycles. The molecule has 0 aliphatic rings. The molecule has 1 nitrogen and oxygen atoms in total. The van der Waals surface area contributed by atoms with Crippen molar-refractivity contribution in [1.29, 1.82) is 0 Å². The predicted molar refractivity (Wildman–Crippen MR) is 92.6 cm³/mol. The quantitative estimate of drug-likeness (QED) is 0.734. The summed E-state index contributed by atoms with van der Waals surface area (Å²) in [6, 6.07) is 13.8. The molecular formula is C17H19BrFNS. The molecule has 0 aliphatic heterocycles. The van der Waals surface area contributed by atoms with Crippen molar-refractivity contribution >= 4 is 27.7 Å². The van der Waals surface area contributed by atoms with E-state index in [0.717, 1.165) is 22.2 Å². The van der Waals surface area contributed by atoms with Gasteiger partial charge in [-0.2, -0.15) is 0 Å². The van der Waals surface area contributed by atoms with Gasteiger partial charge in [0, 0.05) is 21.2 Å². The molecule has 0 radical (unpaired) electrons. The molecule has 1 unspecified atom stereocenters. The normalized spacial score (nSPS) is 12.4. The third-order valence-corrected chi connectivity index (χ3v) is 5.22. The fraction of sp³-hybridized carbons (Fsp3) is 0.294. The highest BCUT2D eigenvalue weighted by molar-refractivity contribution is 9.10. The topological polar surface area (TPSA) is 12.0 Å². The maximum Gasteiger partial charge on any atom is 0.124 e. The second-order valence-electron chi connectivity index (χ2n) is 5.05. The smallest absolute Gasteiger partial charge is 0.124 e. The number of rotatable bonds is 6. The van der Waals surface area contributed by atoms with E-state index in [-0.39, 0.29) is 5.82 Å². The van der Waals surface area contributed by atoms with Crippen LogP contribution in [0.4, 0.5) is 4.39 Å². The molecule has 112 valence electrons. The van der Waals surface area contributed by atoms with Crippen molar-refractivity contribution in [1.82, 2.24) is 5.32 Å². The van der Waals surface area contributed by atoms with Crippen LogP contribution in [0.5, 0.6) is 0 Å². The predicted octanol–water partition coefficient (Wildman–Crippen LogP) is 4.82. The average Bonchev–Trinajstić information content (AvgIpc) is 2.45. The Kier molecular flexibility index (Phi) is 6.27. The molecule has 0 saturated heterocycles. The summed E-state index contributed by atoms with van der Waals surface area (Å²) in [5, 5.41) is 3.34. The molecule has 0 aliphatic carbocycles. The lowest BCUT2D eigenvalue weighted by Crippen LogP contribution is -2.30.